The van der Waals surface area contributed by atoms with Gasteiger partial charge in [-0.15, -0.1) is 0 Å². The van der Waals surface area contributed by atoms with Gasteiger partial charge in [0.05, 0.1) is 0 Å². The van der Waals surface area contributed by atoms with E-state index in [1.54, 1.807) is 0 Å². The van der Waals surface area contributed by atoms with Crippen molar-refractivity contribution < 1.29 is 8.83 Å². The standard InChI is InChI=1S/C63H40O2/c1-63(2)57-13-7-5-11-49(57)50-29-25-44(36-58(50)63)43-24-28-48-47-27-23-41(33-54(47)45-9-3-4-10-46(45)55(48)34-43)39-19-15-37(16-20-39)38-17-21-40(22-18-38)42-26-32-60-56(35-42)53-31-30-52-51-12-6-8-14-59(51)64-61(52)62(53)65-60/h3-36H,1-2H3. The van der Waals surface area contributed by atoms with Crippen molar-refractivity contribution in [1.82, 2.24) is 0 Å². The minimum absolute atomic E-state index is 0.0349. The summed E-state index contributed by atoms with van der Waals surface area (Å²) in [5.41, 5.74) is 18.4. The van der Waals surface area contributed by atoms with Crippen LogP contribution in [-0.4, -0.2) is 0 Å². The quantitative estimate of drug-likeness (QED) is 0.165. The second-order valence-electron chi connectivity index (χ2n) is 18.4. The number of para-hydroxylation sites is 1. The van der Waals surface area contributed by atoms with E-state index in [0.29, 0.717) is 0 Å². The minimum Gasteiger partial charge on any atom is -0.452 e. The summed E-state index contributed by atoms with van der Waals surface area (Å²) in [5, 5.41) is 12.0. The Balaban J connectivity index is 0.769. The van der Waals surface area contributed by atoms with Gasteiger partial charge in [-0.05, 0) is 148 Å². The Morgan fingerprint density at radius 3 is 1.28 bits per heavy atom. The molecule has 0 aliphatic heterocycles. The predicted octanol–water partition coefficient (Wildman–Crippen LogP) is 17.9. The van der Waals surface area contributed by atoms with Crippen LogP contribution in [0, 0.1) is 0 Å². The monoisotopic (exact) mass is 828 g/mol. The van der Waals surface area contributed by atoms with Gasteiger partial charge >= 0.3 is 0 Å². The van der Waals surface area contributed by atoms with Crippen molar-refractivity contribution >= 4 is 76.2 Å². The third kappa shape index (κ3) is 5.35. The Morgan fingerprint density at radius 1 is 0.262 bits per heavy atom. The molecular formula is C63H40O2. The van der Waals surface area contributed by atoms with Crippen LogP contribution in [0.4, 0.5) is 0 Å². The number of hydrogen-bond acceptors (Lipinski definition) is 2. The van der Waals surface area contributed by atoms with E-state index in [9.17, 15) is 0 Å². The summed E-state index contributed by atoms with van der Waals surface area (Å²) in [6.07, 6.45) is 0. The molecule has 14 rings (SSSR count). The lowest BCUT2D eigenvalue weighted by molar-refractivity contribution is 0.633. The van der Waals surface area contributed by atoms with E-state index >= 15 is 0 Å². The third-order valence-electron chi connectivity index (χ3n) is 14.5. The molecule has 0 amide bonds. The second-order valence-corrected chi connectivity index (χ2v) is 18.4. The lowest BCUT2D eigenvalue weighted by Gasteiger charge is -2.22. The van der Waals surface area contributed by atoms with Crippen LogP contribution in [0.1, 0.15) is 25.0 Å². The third-order valence-corrected chi connectivity index (χ3v) is 14.5. The van der Waals surface area contributed by atoms with Crippen molar-refractivity contribution in [3.05, 3.63) is 217 Å². The van der Waals surface area contributed by atoms with Crippen LogP contribution < -0.4 is 0 Å². The average molecular weight is 829 g/mol. The molecule has 0 fully saturated rings. The summed E-state index contributed by atoms with van der Waals surface area (Å²) < 4.78 is 12.7. The Bertz CT molecular complexity index is 4100. The van der Waals surface area contributed by atoms with Crippen molar-refractivity contribution in [1.29, 1.82) is 0 Å². The lowest BCUT2D eigenvalue weighted by Crippen LogP contribution is -2.14. The van der Waals surface area contributed by atoms with Gasteiger partial charge in [0.1, 0.15) is 11.2 Å². The molecule has 0 unspecified atom stereocenters. The van der Waals surface area contributed by atoms with Crippen LogP contribution in [0.15, 0.2) is 215 Å². The van der Waals surface area contributed by atoms with Gasteiger partial charge < -0.3 is 8.83 Å². The van der Waals surface area contributed by atoms with Gasteiger partial charge in [0.2, 0.25) is 0 Å². The number of benzene rings is 11. The first-order valence-corrected chi connectivity index (χ1v) is 22.6. The highest BCUT2D eigenvalue weighted by molar-refractivity contribution is 6.26. The van der Waals surface area contributed by atoms with Gasteiger partial charge in [-0.2, -0.15) is 0 Å². The van der Waals surface area contributed by atoms with Crippen LogP contribution >= 0.6 is 0 Å². The molecule has 0 N–H and O–H groups in total. The van der Waals surface area contributed by atoms with Crippen molar-refractivity contribution in [3.8, 4) is 55.6 Å². The smallest absolute Gasteiger partial charge is 0.178 e. The van der Waals surface area contributed by atoms with Gasteiger partial charge in [0.15, 0.2) is 11.2 Å². The van der Waals surface area contributed by atoms with Crippen molar-refractivity contribution in [3.63, 3.8) is 0 Å². The van der Waals surface area contributed by atoms with Crippen molar-refractivity contribution in [2.45, 2.75) is 19.3 Å². The summed E-state index contributed by atoms with van der Waals surface area (Å²) in [4.78, 5) is 0. The van der Waals surface area contributed by atoms with Crippen LogP contribution in [0.2, 0.25) is 0 Å². The maximum atomic E-state index is 6.41. The van der Waals surface area contributed by atoms with Crippen molar-refractivity contribution in [2.24, 2.45) is 0 Å². The van der Waals surface area contributed by atoms with Gasteiger partial charge in [-0.1, -0.05) is 172 Å². The number of fused-ring (bicyclic) bond motifs is 16. The zero-order valence-electron chi connectivity index (χ0n) is 35.9. The fraction of sp³-hybridized carbons (Fsp3) is 0.0476. The summed E-state index contributed by atoms with van der Waals surface area (Å²) in [6.45, 7) is 4.71. The molecule has 2 nitrogen and oxygen atoms in total. The van der Waals surface area contributed by atoms with E-state index in [2.05, 4.69) is 202 Å². The molecule has 65 heavy (non-hydrogen) atoms. The van der Waals surface area contributed by atoms with E-state index in [4.69, 9.17) is 8.83 Å². The highest BCUT2D eigenvalue weighted by atomic mass is 16.4. The first-order valence-electron chi connectivity index (χ1n) is 22.6. The highest BCUT2D eigenvalue weighted by Crippen LogP contribution is 2.50. The van der Waals surface area contributed by atoms with E-state index < -0.39 is 0 Å². The molecule has 0 saturated heterocycles. The van der Waals surface area contributed by atoms with E-state index in [1.165, 1.54) is 88.0 Å². The van der Waals surface area contributed by atoms with Crippen molar-refractivity contribution in [2.75, 3.05) is 0 Å². The lowest BCUT2D eigenvalue weighted by atomic mass is 9.81. The van der Waals surface area contributed by atoms with Gasteiger partial charge in [0, 0.05) is 27.0 Å². The van der Waals surface area contributed by atoms with Gasteiger partial charge in [-0.3, -0.25) is 0 Å². The molecule has 2 heteroatoms. The fourth-order valence-electron chi connectivity index (χ4n) is 11.1. The van der Waals surface area contributed by atoms with Crippen LogP contribution in [0.3, 0.4) is 0 Å². The Kier molecular flexibility index (Phi) is 7.49. The molecule has 0 saturated carbocycles. The summed E-state index contributed by atoms with van der Waals surface area (Å²) in [5.74, 6) is 0. The van der Waals surface area contributed by atoms with E-state index in [-0.39, 0.29) is 5.41 Å². The van der Waals surface area contributed by atoms with Crippen LogP contribution in [0.5, 0.6) is 0 Å². The van der Waals surface area contributed by atoms with Crippen LogP contribution in [0.25, 0.3) is 132 Å². The average Bonchev–Trinajstić information content (AvgIpc) is 4.01. The summed E-state index contributed by atoms with van der Waals surface area (Å²) >= 11 is 0. The number of rotatable bonds is 4. The molecule has 304 valence electrons. The molecule has 0 bridgehead atoms. The molecule has 1 aliphatic carbocycles. The summed E-state index contributed by atoms with van der Waals surface area (Å²) in [7, 11) is 0. The molecule has 0 radical (unpaired) electrons. The molecule has 13 aromatic rings. The first kappa shape index (κ1) is 36.3. The maximum absolute atomic E-state index is 6.41. The highest BCUT2D eigenvalue weighted by Gasteiger charge is 2.35. The topological polar surface area (TPSA) is 26.3 Å². The zero-order chi connectivity index (χ0) is 43.0. The van der Waals surface area contributed by atoms with Gasteiger partial charge in [-0.25, -0.2) is 0 Å². The van der Waals surface area contributed by atoms with Crippen LogP contribution in [-0.2, 0) is 5.41 Å². The molecule has 0 spiro atoms. The fourth-order valence-corrected chi connectivity index (χ4v) is 11.1. The molecule has 2 aromatic heterocycles. The first-order chi connectivity index (χ1) is 31.9. The summed E-state index contributed by atoms with van der Waals surface area (Å²) in [6, 6.07) is 75.7. The molecule has 2 heterocycles. The number of furan rings is 2. The zero-order valence-corrected chi connectivity index (χ0v) is 35.9. The maximum Gasteiger partial charge on any atom is 0.178 e. The second kappa shape index (κ2) is 13.4. The Hall–Kier alpha value is -8.20. The van der Waals surface area contributed by atoms with Gasteiger partial charge in [0.25, 0.3) is 0 Å². The normalized spacial score (nSPS) is 13.2. The largest absolute Gasteiger partial charge is 0.452 e. The minimum atomic E-state index is -0.0349. The predicted molar refractivity (Wildman–Crippen MR) is 273 cm³/mol. The molecular weight excluding hydrogens is 789 g/mol. The number of hydrogen-bond donors (Lipinski definition) is 0. The molecule has 11 aromatic carbocycles. The Labute approximate surface area is 375 Å². The Morgan fingerprint density at radius 2 is 0.646 bits per heavy atom. The van der Waals surface area contributed by atoms with E-state index in [0.717, 1.165) is 55.0 Å². The van der Waals surface area contributed by atoms with E-state index in [1.807, 2.05) is 18.2 Å². The molecule has 0 atom stereocenters. The molecule has 1 aliphatic rings. The SMILES string of the molecule is CC1(C)c2ccccc2-c2ccc(-c3ccc4c5ccc(-c6ccc(-c7ccc(-c8ccc9oc%10c(ccc%11c%12ccccc%12oc%11%10)c9c8)cc7)cc6)cc5c5ccccc5c4c3)cc21.